The summed E-state index contributed by atoms with van der Waals surface area (Å²) in [7, 11) is -2.48. The monoisotopic (exact) mass is 434 g/mol. The number of aryl methyl sites for hydroxylation is 1. The molecule has 5 rings (SSSR count). The van der Waals surface area contributed by atoms with Gasteiger partial charge in [-0.1, -0.05) is 24.3 Å². The van der Waals surface area contributed by atoms with Crippen molar-refractivity contribution in [3.8, 4) is 11.1 Å². The fraction of sp³-hybridized carbons (Fsp3) is 0.0435. The van der Waals surface area contributed by atoms with E-state index in [1.165, 1.54) is 16.7 Å². The summed E-state index contributed by atoms with van der Waals surface area (Å²) in [4.78, 5) is 25.8. The van der Waals surface area contributed by atoms with Gasteiger partial charge in [-0.05, 0) is 47.5 Å². The average molecular weight is 434 g/mol. The van der Waals surface area contributed by atoms with Gasteiger partial charge in [-0.25, -0.2) is 12.8 Å². The van der Waals surface area contributed by atoms with Gasteiger partial charge < -0.3 is 4.57 Å². The Morgan fingerprint density at radius 3 is 2.26 bits per heavy atom. The van der Waals surface area contributed by atoms with Crippen molar-refractivity contribution in [1.82, 2.24) is 4.57 Å². The number of carbonyl (C=O) groups is 1. The molecule has 6 nitrogen and oxygen atoms in total. The fourth-order valence-electron chi connectivity index (χ4n) is 3.96. The van der Waals surface area contributed by atoms with Gasteiger partial charge in [0.25, 0.3) is 15.6 Å². The summed E-state index contributed by atoms with van der Waals surface area (Å²) in [6, 6.07) is 15.8. The van der Waals surface area contributed by atoms with Crippen LogP contribution in [0.3, 0.4) is 0 Å². The molecule has 0 atom stereocenters. The van der Waals surface area contributed by atoms with Crippen molar-refractivity contribution in [3.05, 3.63) is 94.0 Å². The maximum absolute atomic E-state index is 13.4. The largest absolute Gasteiger partial charge is 0.311 e. The Morgan fingerprint density at radius 1 is 0.871 bits per heavy atom. The zero-order valence-corrected chi connectivity index (χ0v) is 17.0. The standard InChI is InChI=1S/C23H15FN2O4S/c1-26-19-11-10-18(25-31(29,30)14-8-6-13(24)7-9-14)22-21(19)17(12-20(26)27)15-4-2-3-5-16(15)23(22)28/h2-12,25H,1H3. The minimum atomic E-state index is -4.08. The van der Waals surface area contributed by atoms with E-state index < -0.39 is 15.8 Å². The number of sulfonamides is 1. The Labute approximate surface area is 176 Å². The zero-order chi connectivity index (χ0) is 21.9. The molecule has 0 bridgehead atoms. The highest BCUT2D eigenvalue weighted by Gasteiger charge is 2.30. The number of benzene rings is 3. The summed E-state index contributed by atoms with van der Waals surface area (Å²) in [5.41, 5.74) is 2.14. The third-order valence-electron chi connectivity index (χ3n) is 5.47. The molecule has 0 saturated heterocycles. The fourth-order valence-corrected chi connectivity index (χ4v) is 5.03. The van der Waals surface area contributed by atoms with E-state index in [2.05, 4.69) is 4.72 Å². The molecular weight excluding hydrogens is 419 g/mol. The van der Waals surface area contributed by atoms with Crippen molar-refractivity contribution in [2.45, 2.75) is 4.90 Å². The Morgan fingerprint density at radius 2 is 1.55 bits per heavy atom. The van der Waals surface area contributed by atoms with E-state index in [0.717, 1.165) is 24.3 Å². The quantitative estimate of drug-likeness (QED) is 0.469. The van der Waals surface area contributed by atoms with Gasteiger partial charge >= 0.3 is 0 Å². The van der Waals surface area contributed by atoms with Crippen molar-refractivity contribution < 1.29 is 17.6 Å². The number of ketones is 1. The van der Waals surface area contributed by atoms with Crippen LogP contribution in [0.2, 0.25) is 0 Å². The van der Waals surface area contributed by atoms with Gasteiger partial charge in [-0.3, -0.25) is 14.3 Å². The predicted molar refractivity (Wildman–Crippen MR) is 115 cm³/mol. The maximum Gasteiger partial charge on any atom is 0.261 e. The number of hydrogen-bond donors (Lipinski definition) is 1. The molecular formula is C23H15FN2O4S. The molecule has 31 heavy (non-hydrogen) atoms. The number of fused-ring (bicyclic) bond motifs is 2. The Balaban J connectivity index is 1.79. The lowest BCUT2D eigenvalue weighted by Gasteiger charge is -2.23. The molecule has 1 heterocycles. The number of halogens is 1. The molecule has 0 fully saturated rings. The second-order valence-corrected chi connectivity index (χ2v) is 8.95. The molecule has 0 spiro atoms. The summed E-state index contributed by atoms with van der Waals surface area (Å²) >= 11 is 0. The van der Waals surface area contributed by atoms with Crippen LogP contribution >= 0.6 is 0 Å². The van der Waals surface area contributed by atoms with Crippen molar-refractivity contribution in [2.75, 3.05) is 4.72 Å². The lowest BCUT2D eigenvalue weighted by Crippen LogP contribution is -2.22. The van der Waals surface area contributed by atoms with E-state index in [4.69, 9.17) is 0 Å². The number of carbonyl (C=O) groups excluding carboxylic acids is 1. The van der Waals surface area contributed by atoms with Gasteiger partial charge in [0, 0.05) is 24.1 Å². The molecule has 3 aromatic carbocycles. The van der Waals surface area contributed by atoms with Crippen LogP contribution in [0, 0.1) is 5.82 Å². The summed E-state index contributed by atoms with van der Waals surface area (Å²) in [6.45, 7) is 0. The Hall–Kier alpha value is -3.78. The molecule has 8 heteroatoms. The van der Waals surface area contributed by atoms with Gasteiger partial charge in [-0.15, -0.1) is 0 Å². The predicted octanol–water partition coefficient (Wildman–Crippen LogP) is 3.69. The SMILES string of the molecule is Cn1c(=O)cc2c3c(c(NS(=O)(=O)c4ccc(F)cc4)ccc31)C(=O)c1ccccc1-2. The third-order valence-corrected chi connectivity index (χ3v) is 6.85. The molecule has 0 unspecified atom stereocenters. The zero-order valence-electron chi connectivity index (χ0n) is 16.2. The number of nitrogens with one attached hydrogen (secondary N) is 1. The van der Waals surface area contributed by atoms with Crippen LogP contribution in [0.15, 0.2) is 76.4 Å². The smallest absolute Gasteiger partial charge is 0.261 e. The van der Waals surface area contributed by atoms with Crippen LogP contribution < -0.4 is 10.3 Å². The van der Waals surface area contributed by atoms with Crippen LogP contribution in [0.1, 0.15) is 15.9 Å². The van der Waals surface area contributed by atoms with E-state index in [-0.39, 0.29) is 27.5 Å². The van der Waals surface area contributed by atoms with Crippen LogP contribution in [0.4, 0.5) is 10.1 Å². The van der Waals surface area contributed by atoms with Crippen molar-refractivity contribution >= 4 is 32.4 Å². The summed E-state index contributed by atoms with van der Waals surface area (Å²) in [5, 5.41) is 0.505. The normalized spacial score (nSPS) is 12.6. The molecule has 1 aliphatic rings. The minimum Gasteiger partial charge on any atom is -0.311 e. The summed E-state index contributed by atoms with van der Waals surface area (Å²) in [6.07, 6.45) is 0. The van der Waals surface area contributed by atoms with Crippen LogP contribution in [-0.4, -0.2) is 18.8 Å². The van der Waals surface area contributed by atoms with E-state index in [1.54, 1.807) is 37.4 Å². The van der Waals surface area contributed by atoms with Crippen molar-refractivity contribution in [1.29, 1.82) is 0 Å². The molecule has 1 aliphatic carbocycles. The van der Waals surface area contributed by atoms with Crippen molar-refractivity contribution in [3.63, 3.8) is 0 Å². The first-order valence-corrected chi connectivity index (χ1v) is 10.9. The van der Waals surface area contributed by atoms with Gasteiger partial charge in [0.05, 0.1) is 21.7 Å². The second-order valence-electron chi connectivity index (χ2n) is 7.27. The Bertz CT molecular complexity index is 1570. The van der Waals surface area contributed by atoms with Crippen LogP contribution in [-0.2, 0) is 17.1 Å². The lowest BCUT2D eigenvalue weighted by molar-refractivity contribution is 0.104. The summed E-state index contributed by atoms with van der Waals surface area (Å²) in [5.74, 6) is -0.902. The first-order chi connectivity index (χ1) is 14.8. The number of hydrogen-bond acceptors (Lipinski definition) is 4. The van der Waals surface area contributed by atoms with Gasteiger partial charge in [-0.2, -0.15) is 0 Å². The highest BCUT2D eigenvalue weighted by Crippen LogP contribution is 2.41. The molecule has 0 aliphatic heterocycles. The first kappa shape index (κ1) is 19.2. The van der Waals surface area contributed by atoms with Gasteiger partial charge in [0.15, 0.2) is 5.78 Å². The maximum atomic E-state index is 13.4. The van der Waals surface area contributed by atoms with Crippen molar-refractivity contribution in [2.24, 2.45) is 7.05 Å². The van der Waals surface area contributed by atoms with Crippen LogP contribution in [0.25, 0.3) is 22.0 Å². The average Bonchev–Trinajstić information content (AvgIpc) is 2.75. The minimum absolute atomic E-state index is 0.0937. The topological polar surface area (TPSA) is 85.2 Å². The highest BCUT2D eigenvalue weighted by molar-refractivity contribution is 7.92. The number of aromatic nitrogens is 1. The molecule has 0 radical (unpaired) electrons. The van der Waals surface area contributed by atoms with E-state index in [9.17, 15) is 22.4 Å². The number of nitrogens with zero attached hydrogens (tertiary/aromatic N) is 1. The molecule has 1 N–H and O–H groups in total. The van der Waals surface area contributed by atoms with E-state index in [1.807, 2.05) is 0 Å². The molecule has 4 aromatic rings. The van der Waals surface area contributed by atoms with Gasteiger partial charge in [0.1, 0.15) is 5.82 Å². The highest BCUT2D eigenvalue weighted by atomic mass is 32.2. The third kappa shape index (κ3) is 2.87. The summed E-state index contributed by atoms with van der Waals surface area (Å²) < 4.78 is 42.9. The molecule has 1 aromatic heterocycles. The second kappa shape index (κ2) is 6.61. The molecule has 0 amide bonds. The van der Waals surface area contributed by atoms with E-state index in [0.29, 0.717) is 27.6 Å². The number of rotatable bonds is 3. The Kier molecular flexibility index (Phi) is 4.10. The number of anilines is 1. The first-order valence-electron chi connectivity index (χ1n) is 9.37. The molecule has 0 saturated carbocycles. The number of pyridine rings is 1. The molecule has 154 valence electrons. The van der Waals surface area contributed by atoms with Gasteiger partial charge in [0.2, 0.25) is 0 Å². The lowest BCUT2D eigenvalue weighted by atomic mass is 9.83. The van der Waals surface area contributed by atoms with E-state index >= 15 is 0 Å². The van der Waals surface area contributed by atoms with Crippen LogP contribution in [0.5, 0.6) is 0 Å².